The standard InChI is InChI=1S/C25H29NO2/c1-4-5-20-6-8-21(9-7-20)22-10-12-26(13-11-22)25(17-28)24-15-23(16-27)18(2)14-19(24)3/h6-9,14-16,22H,4-5,10-13H2,1-3H3. The van der Waals surface area contributed by atoms with Crippen LogP contribution >= 0.6 is 0 Å². The predicted octanol–water partition coefficient (Wildman–Crippen LogP) is 5.12. The van der Waals surface area contributed by atoms with Crippen LogP contribution in [0.1, 0.15) is 70.3 Å². The van der Waals surface area contributed by atoms with Gasteiger partial charge in [0, 0.05) is 24.2 Å². The van der Waals surface area contributed by atoms with Crippen LogP contribution in [-0.4, -0.2) is 30.2 Å². The molecule has 146 valence electrons. The molecule has 0 aromatic heterocycles. The van der Waals surface area contributed by atoms with Crippen molar-refractivity contribution in [2.45, 2.75) is 52.4 Å². The van der Waals surface area contributed by atoms with E-state index < -0.39 is 0 Å². The average Bonchev–Trinajstić information content (AvgIpc) is 2.71. The Morgan fingerprint density at radius 3 is 2.36 bits per heavy atom. The van der Waals surface area contributed by atoms with E-state index in [1.807, 2.05) is 26.0 Å². The first-order chi connectivity index (χ1) is 13.6. The number of likely N-dealkylation sites (tertiary alicyclic amines) is 1. The fourth-order valence-electron chi connectivity index (χ4n) is 4.22. The second-order valence-electron chi connectivity index (χ2n) is 7.85. The fraction of sp³-hybridized carbons (Fsp3) is 0.400. The molecule has 0 unspecified atom stereocenters. The van der Waals surface area contributed by atoms with Crippen molar-refractivity contribution in [1.29, 1.82) is 0 Å². The molecule has 0 saturated carbocycles. The Labute approximate surface area is 168 Å². The van der Waals surface area contributed by atoms with Gasteiger partial charge in [-0.3, -0.25) is 4.79 Å². The summed E-state index contributed by atoms with van der Waals surface area (Å²) >= 11 is 0. The molecule has 0 atom stereocenters. The van der Waals surface area contributed by atoms with Crippen LogP contribution in [0.25, 0.3) is 5.70 Å². The maximum absolute atomic E-state index is 11.8. The van der Waals surface area contributed by atoms with Gasteiger partial charge in [-0.15, -0.1) is 0 Å². The second-order valence-corrected chi connectivity index (χ2v) is 7.85. The molecule has 1 fully saturated rings. The minimum atomic E-state index is 0.532. The van der Waals surface area contributed by atoms with Gasteiger partial charge in [-0.2, -0.15) is 0 Å². The fourth-order valence-corrected chi connectivity index (χ4v) is 4.22. The molecule has 3 heteroatoms. The average molecular weight is 376 g/mol. The summed E-state index contributed by atoms with van der Waals surface area (Å²) in [6.07, 6.45) is 5.19. The van der Waals surface area contributed by atoms with Crippen molar-refractivity contribution in [3.05, 3.63) is 69.8 Å². The Balaban J connectivity index is 1.73. The number of hydrogen-bond acceptors (Lipinski definition) is 3. The molecule has 1 aliphatic rings. The number of aryl methyl sites for hydroxylation is 3. The lowest BCUT2D eigenvalue weighted by Crippen LogP contribution is -2.32. The first-order valence-corrected chi connectivity index (χ1v) is 10.2. The van der Waals surface area contributed by atoms with Crippen LogP contribution in [0.2, 0.25) is 0 Å². The third-order valence-corrected chi connectivity index (χ3v) is 5.89. The van der Waals surface area contributed by atoms with Gasteiger partial charge >= 0.3 is 0 Å². The number of piperidine rings is 1. The molecule has 3 rings (SSSR count). The molecule has 3 nitrogen and oxygen atoms in total. The molecule has 2 aromatic rings. The SMILES string of the molecule is CCCc1ccc(C2CCN(C(=C=O)c3cc(C=O)c(C)cc3C)CC2)cc1. The third-order valence-electron chi connectivity index (χ3n) is 5.89. The van der Waals surface area contributed by atoms with Gasteiger partial charge in [0.25, 0.3) is 0 Å². The smallest absolute Gasteiger partial charge is 0.151 e. The van der Waals surface area contributed by atoms with Crippen molar-refractivity contribution in [3.63, 3.8) is 0 Å². The van der Waals surface area contributed by atoms with E-state index >= 15 is 0 Å². The highest BCUT2D eigenvalue weighted by molar-refractivity contribution is 5.90. The van der Waals surface area contributed by atoms with E-state index in [4.69, 9.17) is 0 Å². The first-order valence-electron chi connectivity index (χ1n) is 10.2. The van der Waals surface area contributed by atoms with Gasteiger partial charge in [-0.1, -0.05) is 43.7 Å². The Kier molecular flexibility index (Phi) is 6.49. The van der Waals surface area contributed by atoms with Gasteiger partial charge in [0.2, 0.25) is 0 Å². The van der Waals surface area contributed by atoms with Crippen LogP contribution in [0.3, 0.4) is 0 Å². The minimum Gasteiger partial charge on any atom is -0.362 e. The summed E-state index contributed by atoms with van der Waals surface area (Å²) < 4.78 is 0. The summed E-state index contributed by atoms with van der Waals surface area (Å²) in [7, 11) is 0. The van der Waals surface area contributed by atoms with Crippen LogP contribution in [0.5, 0.6) is 0 Å². The normalized spacial score (nSPS) is 14.6. The summed E-state index contributed by atoms with van der Waals surface area (Å²) in [4.78, 5) is 25.2. The molecule has 28 heavy (non-hydrogen) atoms. The van der Waals surface area contributed by atoms with Crippen molar-refractivity contribution < 1.29 is 9.59 Å². The maximum Gasteiger partial charge on any atom is 0.151 e. The van der Waals surface area contributed by atoms with E-state index in [0.717, 1.165) is 55.3 Å². The number of aldehydes is 1. The highest BCUT2D eigenvalue weighted by Crippen LogP contribution is 2.32. The van der Waals surface area contributed by atoms with E-state index in [1.165, 1.54) is 17.5 Å². The molecular weight excluding hydrogens is 346 g/mol. The Bertz CT molecular complexity index is 884. The van der Waals surface area contributed by atoms with E-state index in [-0.39, 0.29) is 0 Å². The zero-order valence-corrected chi connectivity index (χ0v) is 17.1. The second kappa shape index (κ2) is 9.03. The topological polar surface area (TPSA) is 37.4 Å². The number of hydrogen-bond donors (Lipinski definition) is 0. The first kappa shape index (κ1) is 20.1. The number of benzene rings is 2. The molecule has 1 saturated heterocycles. The molecule has 0 N–H and O–H groups in total. The van der Waals surface area contributed by atoms with Crippen LogP contribution < -0.4 is 0 Å². The van der Waals surface area contributed by atoms with E-state index in [2.05, 4.69) is 42.0 Å². The molecule has 1 heterocycles. The summed E-state index contributed by atoms with van der Waals surface area (Å²) in [6, 6.07) is 12.8. The van der Waals surface area contributed by atoms with E-state index in [0.29, 0.717) is 17.2 Å². The van der Waals surface area contributed by atoms with E-state index in [1.54, 1.807) is 0 Å². The van der Waals surface area contributed by atoms with Crippen molar-refractivity contribution >= 4 is 17.9 Å². The van der Waals surface area contributed by atoms with Crippen molar-refractivity contribution in [2.75, 3.05) is 13.1 Å². The predicted molar refractivity (Wildman–Crippen MR) is 114 cm³/mol. The highest BCUT2D eigenvalue weighted by Gasteiger charge is 2.24. The lowest BCUT2D eigenvalue weighted by molar-refractivity contribution is 0.112. The lowest BCUT2D eigenvalue weighted by Gasteiger charge is -2.34. The number of nitrogens with zero attached hydrogens (tertiary/aromatic N) is 1. The van der Waals surface area contributed by atoms with Gasteiger partial charge in [0.15, 0.2) is 5.94 Å². The van der Waals surface area contributed by atoms with Gasteiger partial charge in [-0.05, 0) is 67.3 Å². The van der Waals surface area contributed by atoms with Gasteiger partial charge in [0.1, 0.15) is 12.0 Å². The summed E-state index contributed by atoms with van der Waals surface area (Å²) in [6.45, 7) is 7.77. The van der Waals surface area contributed by atoms with Crippen molar-refractivity contribution in [2.24, 2.45) is 0 Å². The zero-order chi connectivity index (χ0) is 20.1. The largest absolute Gasteiger partial charge is 0.362 e. The summed E-state index contributed by atoms with van der Waals surface area (Å²) in [5.41, 5.74) is 6.78. The molecule has 0 bridgehead atoms. The van der Waals surface area contributed by atoms with Crippen molar-refractivity contribution in [3.8, 4) is 0 Å². The van der Waals surface area contributed by atoms with Crippen LogP contribution in [0, 0.1) is 13.8 Å². The minimum absolute atomic E-state index is 0.532. The molecular formula is C25H29NO2. The quantitative estimate of drug-likeness (QED) is 0.519. The molecule has 0 radical (unpaired) electrons. The van der Waals surface area contributed by atoms with Gasteiger partial charge < -0.3 is 4.90 Å². The summed E-state index contributed by atoms with van der Waals surface area (Å²) in [5, 5.41) is 0. The van der Waals surface area contributed by atoms with Crippen LogP contribution in [-0.2, 0) is 11.2 Å². The lowest BCUT2D eigenvalue weighted by atomic mass is 9.88. The number of carbonyl (C=O) groups excluding carboxylic acids is 2. The molecule has 1 aliphatic heterocycles. The molecule has 0 spiro atoms. The highest BCUT2D eigenvalue weighted by atomic mass is 16.1. The van der Waals surface area contributed by atoms with Crippen LogP contribution in [0.15, 0.2) is 36.4 Å². The Morgan fingerprint density at radius 1 is 1.11 bits per heavy atom. The third kappa shape index (κ3) is 4.26. The summed E-state index contributed by atoms with van der Waals surface area (Å²) in [5.74, 6) is 2.68. The molecule has 2 aromatic carbocycles. The maximum atomic E-state index is 11.8. The molecule has 0 amide bonds. The Hall–Kier alpha value is -2.64. The van der Waals surface area contributed by atoms with Gasteiger partial charge in [-0.25, -0.2) is 4.79 Å². The molecule has 0 aliphatic carbocycles. The number of carbonyl (C=O) groups is 1. The van der Waals surface area contributed by atoms with Crippen LogP contribution in [0.4, 0.5) is 0 Å². The van der Waals surface area contributed by atoms with Gasteiger partial charge in [0.05, 0.1) is 0 Å². The van der Waals surface area contributed by atoms with E-state index in [9.17, 15) is 9.59 Å². The number of rotatable bonds is 6. The monoisotopic (exact) mass is 375 g/mol. The van der Waals surface area contributed by atoms with Crippen molar-refractivity contribution in [1.82, 2.24) is 4.90 Å². The zero-order valence-electron chi connectivity index (χ0n) is 17.1. The Morgan fingerprint density at radius 2 is 1.79 bits per heavy atom.